The Hall–Kier alpha value is -0.540. The Labute approximate surface area is 310 Å². The Bertz CT molecular complexity index is 1320. The molecule has 0 aromatic heterocycles. The summed E-state index contributed by atoms with van der Waals surface area (Å²) < 4.78 is 66.9. The quantitative estimate of drug-likeness (QED) is 0.0680. The first kappa shape index (κ1) is 47.1. The third-order valence-corrected chi connectivity index (χ3v) is 11.3. The highest BCUT2D eigenvalue weighted by molar-refractivity contribution is 7.52. The van der Waals surface area contributed by atoms with Gasteiger partial charge in [0, 0.05) is 6.54 Å². The van der Waals surface area contributed by atoms with Crippen molar-refractivity contribution >= 4 is 15.4 Å². The molecular weight excluding hydrogens is 802 g/mol. The summed E-state index contributed by atoms with van der Waals surface area (Å²) in [6.07, 6.45) is -40.1. The fraction of sp³-hybridized carbons (Fsp3) is 1.00. The zero-order valence-electron chi connectivity index (χ0n) is 28.5. The first-order valence-electron chi connectivity index (χ1n) is 16.7. The maximum atomic E-state index is 12.5. The van der Waals surface area contributed by atoms with Crippen LogP contribution in [0, 0.1) is 0 Å². The summed E-state index contributed by atoms with van der Waals surface area (Å²) in [6, 6.07) is -1.84. The molecule has 1 aliphatic carbocycles. The molecule has 324 valence electrons. The topological polar surface area (TPSA) is 463 Å². The minimum atomic E-state index is -5.50. The van der Waals surface area contributed by atoms with Gasteiger partial charge in [-0.1, -0.05) is 0 Å². The first-order chi connectivity index (χ1) is 25.5. The second-order valence-electron chi connectivity index (χ2n) is 13.3. The molecule has 0 spiro atoms. The molecular formula is C26H50N2O25P2. The molecule has 3 aliphatic heterocycles. The Morgan fingerprint density at radius 1 is 0.545 bits per heavy atom. The zero-order chi connectivity index (χ0) is 41.3. The van der Waals surface area contributed by atoms with E-state index >= 15 is 0 Å². The van der Waals surface area contributed by atoms with Gasteiger partial charge in [-0.15, -0.1) is 0 Å². The number of hydrogen-bond acceptors (Lipinski definition) is 24. The number of ether oxygens (including phenoxy) is 6. The van der Waals surface area contributed by atoms with E-state index in [1.54, 1.807) is 0 Å². The van der Waals surface area contributed by atoms with Crippen molar-refractivity contribution < 1.29 is 123 Å². The van der Waals surface area contributed by atoms with Crippen molar-refractivity contribution in [1.29, 1.82) is 0 Å². The molecule has 3 heterocycles. The van der Waals surface area contributed by atoms with Crippen molar-refractivity contribution in [2.24, 2.45) is 11.5 Å². The highest BCUT2D eigenvalue weighted by Crippen LogP contribution is 2.44. The van der Waals surface area contributed by atoms with Crippen LogP contribution < -0.4 is 11.5 Å². The fourth-order valence-corrected chi connectivity index (χ4v) is 7.67. The molecule has 1 unspecified atom stereocenters. The SMILES string of the molecule is NCCP(=O)(O)OC[C@H]1O[C@H](O[C@H]2[C@H](O)[C@@H](O)[C@H](O)[C@H](O)[C@@H]2OP(=O)(O)O)[C@H](N)[C@@H](O)[C@@H]1O[C@H]1O[C@H](CO[C@H]2O[C@H](CO)[C@@H](O)[C@H](O)[C@@H]2O)[C@@H](O)[C@H](O)[C@@H]1O. The van der Waals surface area contributed by atoms with Gasteiger partial charge in [0.25, 0.3) is 0 Å². The molecule has 19 N–H and O–H groups in total. The van der Waals surface area contributed by atoms with Gasteiger partial charge in [0.05, 0.1) is 32.0 Å². The molecule has 4 fully saturated rings. The van der Waals surface area contributed by atoms with Gasteiger partial charge in [-0.2, -0.15) is 0 Å². The van der Waals surface area contributed by atoms with Crippen LogP contribution in [0.25, 0.3) is 0 Å². The molecule has 3 saturated heterocycles. The average molecular weight is 853 g/mol. The Kier molecular flexibility index (Phi) is 16.5. The molecule has 22 atom stereocenters. The Morgan fingerprint density at radius 2 is 1.04 bits per heavy atom. The summed E-state index contributed by atoms with van der Waals surface area (Å²) in [4.78, 5) is 28.9. The summed E-state index contributed by atoms with van der Waals surface area (Å²) in [7, 11) is -9.97. The second-order valence-corrected chi connectivity index (χ2v) is 16.5. The van der Waals surface area contributed by atoms with Crippen LogP contribution in [0.1, 0.15) is 0 Å². The normalized spacial score (nSPS) is 48.3. The van der Waals surface area contributed by atoms with Gasteiger partial charge >= 0.3 is 15.4 Å². The van der Waals surface area contributed by atoms with E-state index in [1.807, 2.05) is 0 Å². The fourth-order valence-electron chi connectivity index (χ4n) is 6.27. The van der Waals surface area contributed by atoms with Crippen molar-refractivity contribution in [2.45, 2.75) is 129 Å². The minimum Gasteiger partial charge on any atom is -0.394 e. The van der Waals surface area contributed by atoms with Crippen LogP contribution in [-0.2, 0) is 46.6 Å². The Balaban J connectivity index is 1.56. The van der Waals surface area contributed by atoms with Crippen LogP contribution in [0.5, 0.6) is 0 Å². The molecule has 29 heteroatoms. The van der Waals surface area contributed by atoms with E-state index in [4.69, 9.17) is 44.4 Å². The predicted octanol–water partition coefficient (Wildman–Crippen LogP) is -10.1. The van der Waals surface area contributed by atoms with Gasteiger partial charge < -0.3 is 120 Å². The lowest BCUT2D eigenvalue weighted by Gasteiger charge is -2.49. The van der Waals surface area contributed by atoms with Crippen molar-refractivity contribution in [3.8, 4) is 0 Å². The van der Waals surface area contributed by atoms with E-state index in [0.29, 0.717) is 0 Å². The number of phosphoric ester groups is 1. The second kappa shape index (κ2) is 19.2. The molecule has 0 aromatic rings. The van der Waals surface area contributed by atoms with Crippen LogP contribution >= 0.6 is 15.4 Å². The number of phosphoric acid groups is 1. The van der Waals surface area contributed by atoms with Crippen molar-refractivity contribution in [2.75, 3.05) is 32.5 Å². The summed E-state index contributed by atoms with van der Waals surface area (Å²) in [5.74, 6) is 0. The maximum Gasteiger partial charge on any atom is 0.470 e. The molecule has 27 nitrogen and oxygen atoms in total. The number of aliphatic hydroxyl groups excluding tert-OH is 12. The maximum absolute atomic E-state index is 12.5. The highest BCUT2D eigenvalue weighted by Gasteiger charge is 2.56. The summed E-state index contributed by atoms with van der Waals surface area (Å²) >= 11 is 0. The van der Waals surface area contributed by atoms with E-state index in [9.17, 15) is 85.1 Å². The van der Waals surface area contributed by atoms with Gasteiger partial charge in [-0.3, -0.25) is 9.09 Å². The first-order valence-corrected chi connectivity index (χ1v) is 20.0. The monoisotopic (exact) mass is 852 g/mol. The molecule has 0 aromatic carbocycles. The third kappa shape index (κ3) is 11.0. The highest BCUT2D eigenvalue weighted by atomic mass is 31.2. The van der Waals surface area contributed by atoms with E-state index in [1.165, 1.54) is 0 Å². The van der Waals surface area contributed by atoms with Crippen molar-refractivity contribution in [3.05, 3.63) is 0 Å². The third-order valence-electron chi connectivity index (χ3n) is 9.40. The lowest BCUT2D eigenvalue weighted by molar-refractivity contribution is -0.362. The number of rotatable bonds is 15. The van der Waals surface area contributed by atoms with Crippen LogP contribution in [0.4, 0.5) is 0 Å². The molecule has 0 amide bonds. The molecule has 4 aliphatic rings. The van der Waals surface area contributed by atoms with Crippen LogP contribution in [0.15, 0.2) is 0 Å². The smallest absolute Gasteiger partial charge is 0.394 e. The van der Waals surface area contributed by atoms with Gasteiger partial charge in [0.2, 0.25) is 0 Å². The Morgan fingerprint density at radius 3 is 1.60 bits per heavy atom. The van der Waals surface area contributed by atoms with Gasteiger partial charge in [-0.25, -0.2) is 4.57 Å². The van der Waals surface area contributed by atoms with Gasteiger partial charge in [-0.05, 0) is 0 Å². The van der Waals surface area contributed by atoms with E-state index < -0.39 is 170 Å². The van der Waals surface area contributed by atoms with E-state index in [-0.39, 0.29) is 6.54 Å². The lowest BCUT2D eigenvalue weighted by atomic mass is 9.84. The zero-order valence-corrected chi connectivity index (χ0v) is 30.3. The predicted molar refractivity (Wildman–Crippen MR) is 169 cm³/mol. The summed E-state index contributed by atoms with van der Waals surface area (Å²) in [5.41, 5.74) is 11.5. The standard InChI is InChI=1S/C26H50N2O25P2/c27-1-2-54(41,42)47-5-8-21(12(32)9(28)24(50-8)52-22-17(37)15(35)16(36)18(38)23(22)53-55(43,44)45)51-26-20(40)14(34)11(31)7(49-26)4-46-25-19(39)13(33)10(30)6(3-29)48-25/h6-26,29-40H,1-5,27-28H2,(H,41,42)(H2,43,44,45)/t6-,7-,8-,9-,10-,11-,12-,13+,14+,15+,16+,17-,18+,19+,20+,21-,22+,23+,24-,25+,26-/m1/s1. The molecule has 4 rings (SSSR count). The lowest BCUT2D eigenvalue weighted by Crippen LogP contribution is -2.69. The molecule has 0 bridgehead atoms. The molecule has 0 radical (unpaired) electrons. The summed E-state index contributed by atoms with van der Waals surface area (Å²) in [5, 5.41) is 125. The van der Waals surface area contributed by atoms with Gasteiger partial charge in [0.1, 0.15) is 104 Å². The van der Waals surface area contributed by atoms with Crippen LogP contribution in [-0.4, -0.2) is 237 Å². The van der Waals surface area contributed by atoms with Crippen molar-refractivity contribution in [1.82, 2.24) is 0 Å². The van der Waals surface area contributed by atoms with Crippen LogP contribution in [0.2, 0.25) is 0 Å². The van der Waals surface area contributed by atoms with E-state index in [0.717, 1.165) is 0 Å². The number of aliphatic hydroxyl groups is 12. The number of nitrogens with two attached hydrogens (primary N) is 2. The van der Waals surface area contributed by atoms with Crippen LogP contribution in [0.3, 0.4) is 0 Å². The van der Waals surface area contributed by atoms with Crippen molar-refractivity contribution in [3.63, 3.8) is 0 Å². The van der Waals surface area contributed by atoms with E-state index in [2.05, 4.69) is 4.52 Å². The minimum absolute atomic E-state index is 0.329. The largest absolute Gasteiger partial charge is 0.470 e. The molecule has 1 saturated carbocycles. The molecule has 55 heavy (non-hydrogen) atoms. The van der Waals surface area contributed by atoms with Gasteiger partial charge in [0.15, 0.2) is 18.9 Å². The average Bonchev–Trinajstić information content (AvgIpc) is 3.12. The summed E-state index contributed by atoms with van der Waals surface area (Å²) in [6.45, 7) is -2.88. The number of hydrogen-bond donors (Lipinski definition) is 17.